The maximum absolute atomic E-state index is 15.2. The average molecular weight is 884 g/mol. The third kappa shape index (κ3) is 8.79. The Hall–Kier alpha value is -5.39. The molecule has 7 rings (SSSR count). The second-order valence-corrected chi connectivity index (χ2v) is 19.6. The molecule has 2 saturated carbocycles. The molecule has 14 nitrogen and oxygen atoms in total. The lowest BCUT2D eigenvalue weighted by atomic mass is 9.85. The smallest absolute Gasteiger partial charge is 0.411 e. The number of carboxylic acid groups (broad SMARTS) is 1. The van der Waals surface area contributed by atoms with Crippen molar-refractivity contribution in [1.29, 1.82) is 0 Å². The number of hydrogen-bond acceptors (Lipinski definition) is 9. The number of benzene rings is 2. The van der Waals surface area contributed by atoms with E-state index in [0.717, 1.165) is 10.5 Å². The summed E-state index contributed by atoms with van der Waals surface area (Å²) in [5.41, 5.74) is -3.48. The molecule has 2 aliphatic carbocycles. The van der Waals surface area contributed by atoms with Gasteiger partial charge in [-0.3, -0.25) is 24.0 Å². The van der Waals surface area contributed by atoms with Gasteiger partial charge in [0.1, 0.15) is 35.0 Å². The summed E-state index contributed by atoms with van der Waals surface area (Å²) in [6, 6.07) is 12.9. The van der Waals surface area contributed by atoms with Crippen molar-refractivity contribution >= 4 is 44.6 Å². The van der Waals surface area contributed by atoms with Gasteiger partial charge in [-0.05, 0) is 93.9 Å². The van der Waals surface area contributed by atoms with Crippen LogP contribution in [0.5, 0.6) is 11.6 Å². The first-order valence-corrected chi connectivity index (χ1v) is 22.4. The number of carbonyl (C=O) groups excluding carboxylic acids is 3. The van der Waals surface area contributed by atoms with Gasteiger partial charge in [0.05, 0.1) is 24.6 Å². The molecule has 7 atom stereocenters. The molecule has 334 valence electrons. The van der Waals surface area contributed by atoms with Crippen molar-refractivity contribution in [3.63, 3.8) is 0 Å². The van der Waals surface area contributed by atoms with Crippen LogP contribution < -0.4 is 19.5 Å². The predicted octanol–water partition coefficient (Wildman–Crippen LogP) is 6.44. The van der Waals surface area contributed by atoms with E-state index in [1.54, 1.807) is 24.3 Å². The van der Waals surface area contributed by atoms with Crippen molar-refractivity contribution in [3.8, 4) is 22.9 Å². The monoisotopic (exact) mass is 883 g/mol. The minimum atomic E-state index is -5.10. The number of aromatic nitrogens is 1. The molecule has 3 heterocycles. The SMILES string of the molecule is COc1ccc2c(O[C@@H]3C[C@H]4C(=O)N[C@]5(C(=O)NS(=O)(=O)C6CC6)C[C@H]5C=CCC[C@@H](C)C[C@@H](C)[C@H](N(C(=O)O)C(C)(C)C(F)(F)F)C(=O)N4C3)nc(-c3ccccc3)cc2c1. The highest BCUT2D eigenvalue weighted by Crippen LogP contribution is 2.47. The van der Waals surface area contributed by atoms with E-state index in [-0.39, 0.29) is 42.5 Å². The molecule has 0 spiro atoms. The summed E-state index contributed by atoms with van der Waals surface area (Å²) in [7, 11) is -2.51. The van der Waals surface area contributed by atoms with E-state index >= 15 is 4.79 Å². The number of fused-ring (bicyclic) bond motifs is 3. The fourth-order valence-corrected chi connectivity index (χ4v) is 10.2. The molecular weight excluding hydrogens is 832 g/mol. The summed E-state index contributed by atoms with van der Waals surface area (Å²) in [6.45, 7) is 4.40. The number of sulfonamides is 1. The zero-order valence-corrected chi connectivity index (χ0v) is 36.0. The van der Waals surface area contributed by atoms with Crippen LogP contribution in [0.25, 0.3) is 22.0 Å². The third-order valence-electron chi connectivity index (χ3n) is 12.7. The van der Waals surface area contributed by atoms with Gasteiger partial charge in [0.15, 0.2) is 0 Å². The van der Waals surface area contributed by atoms with Crippen LogP contribution in [0.3, 0.4) is 0 Å². The Morgan fingerprint density at radius 1 is 1.03 bits per heavy atom. The first-order chi connectivity index (χ1) is 29.2. The fraction of sp³-hybridized carbons (Fsp3) is 0.523. The minimum Gasteiger partial charge on any atom is -0.497 e. The van der Waals surface area contributed by atoms with Crippen molar-refractivity contribution in [2.24, 2.45) is 17.8 Å². The maximum atomic E-state index is 15.2. The van der Waals surface area contributed by atoms with E-state index in [1.165, 1.54) is 14.0 Å². The van der Waals surface area contributed by atoms with Crippen LogP contribution >= 0.6 is 0 Å². The molecular formula is C44H52F3N5O9S. The number of halogens is 3. The Morgan fingerprint density at radius 3 is 2.39 bits per heavy atom. The molecule has 3 fully saturated rings. The number of rotatable bonds is 9. The second-order valence-electron chi connectivity index (χ2n) is 17.7. The summed E-state index contributed by atoms with van der Waals surface area (Å²) in [4.78, 5) is 62.8. The van der Waals surface area contributed by atoms with Gasteiger partial charge in [-0.25, -0.2) is 18.2 Å². The van der Waals surface area contributed by atoms with Crippen LogP contribution in [-0.2, 0) is 24.4 Å². The van der Waals surface area contributed by atoms with E-state index in [0.29, 0.717) is 61.7 Å². The molecule has 3 aromatic rings. The number of carbonyl (C=O) groups is 4. The highest BCUT2D eigenvalue weighted by Gasteiger charge is 2.63. The van der Waals surface area contributed by atoms with Crippen LogP contribution in [0.15, 0.2) is 66.7 Å². The highest BCUT2D eigenvalue weighted by atomic mass is 32.2. The number of methoxy groups -OCH3 is 1. The van der Waals surface area contributed by atoms with Crippen molar-refractivity contribution in [1.82, 2.24) is 24.8 Å². The number of allylic oxidation sites excluding steroid dienone is 1. The first-order valence-electron chi connectivity index (χ1n) is 20.8. The normalized spacial score (nSPS) is 27.3. The van der Waals surface area contributed by atoms with Gasteiger partial charge in [-0.15, -0.1) is 0 Å². The maximum Gasteiger partial charge on any atom is 0.411 e. The standard InChI is InChI=1S/C44H52F3N5O9S/c1-25-11-9-10-14-29-23-43(29,40(55)50-62(58,59)32-16-17-32)49-37(53)35-22-31(24-51(35)39(54)36(26(2)19-25)52(41(56)57)42(3,4)44(45,46)47)61-38-33-18-15-30(60-5)20-28(33)21-34(48-38)27-12-7-6-8-13-27/h6-8,10,12-15,18,20-21,25-26,29,31-32,35-36H,9,11,16-17,19,22-24H2,1-5H3,(H,49,53)(H,50,55)(H,56,57)/t25-,26-,29-,31-,35+,36+,43-/m1/s1. The van der Waals surface area contributed by atoms with E-state index in [2.05, 4.69) is 10.0 Å². The summed E-state index contributed by atoms with van der Waals surface area (Å²) >= 11 is 0. The van der Waals surface area contributed by atoms with Gasteiger partial charge in [0.25, 0.3) is 5.91 Å². The van der Waals surface area contributed by atoms with Crippen molar-refractivity contribution in [2.45, 2.75) is 113 Å². The summed E-state index contributed by atoms with van der Waals surface area (Å²) in [5, 5.41) is 13.8. The van der Waals surface area contributed by atoms with Crippen LogP contribution in [0.4, 0.5) is 18.0 Å². The Bertz CT molecular complexity index is 2380. The summed E-state index contributed by atoms with van der Waals surface area (Å²) < 4.78 is 84.5. The molecule has 0 radical (unpaired) electrons. The summed E-state index contributed by atoms with van der Waals surface area (Å²) in [5.74, 6) is -3.95. The lowest BCUT2D eigenvalue weighted by Gasteiger charge is -2.45. The topological polar surface area (TPSA) is 185 Å². The largest absolute Gasteiger partial charge is 0.497 e. The quantitative estimate of drug-likeness (QED) is 0.202. The Labute approximate surface area is 358 Å². The van der Waals surface area contributed by atoms with Crippen molar-refractivity contribution in [2.75, 3.05) is 13.7 Å². The molecule has 4 aliphatic rings. The second kappa shape index (κ2) is 16.7. The molecule has 1 aromatic heterocycles. The molecule has 62 heavy (non-hydrogen) atoms. The third-order valence-corrected chi connectivity index (χ3v) is 14.5. The molecule has 3 N–H and O–H groups in total. The summed E-state index contributed by atoms with van der Waals surface area (Å²) in [6.07, 6.45) is -2.84. The number of nitrogens with one attached hydrogen (secondary N) is 2. The van der Waals surface area contributed by atoms with Crippen molar-refractivity contribution < 1.29 is 55.3 Å². The number of nitrogens with zero attached hydrogens (tertiary/aromatic N) is 3. The lowest BCUT2D eigenvalue weighted by Crippen LogP contribution is -2.66. The zero-order chi connectivity index (χ0) is 44.9. The average Bonchev–Trinajstić information content (AvgIpc) is 4.14. The van der Waals surface area contributed by atoms with Crippen LogP contribution in [-0.4, -0.2) is 106 Å². The predicted molar refractivity (Wildman–Crippen MR) is 222 cm³/mol. The number of ether oxygens (including phenoxy) is 2. The molecule has 2 aromatic carbocycles. The molecule has 18 heteroatoms. The van der Waals surface area contributed by atoms with E-state index < -0.39 is 86.4 Å². The van der Waals surface area contributed by atoms with Gasteiger partial charge in [0, 0.05) is 23.3 Å². The van der Waals surface area contributed by atoms with Gasteiger partial charge < -0.3 is 24.8 Å². The number of amides is 4. The number of alkyl halides is 3. The molecule has 4 amide bonds. The van der Waals surface area contributed by atoms with Gasteiger partial charge in [0.2, 0.25) is 27.7 Å². The Morgan fingerprint density at radius 2 is 1.74 bits per heavy atom. The van der Waals surface area contributed by atoms with E-state index in [1.807, 2.05) is 49.4 Å². The number of hydrogen-bond donors (Lipinski definition) is 3. The van der Waals surface area contributed by atoms with E-state index in [9.17, 15) is 41.1 Å². The number of pyridine rings is 1. The van der Waals surface area contributed by atoms with Crippen LogP contribution in [0.1, 0.15) is 72.6 Å². The minimum absolute atomic E-state index is 0.0509. The molecule has 0 bridgehead atoms. The van der Waals surface area contributed by atoms with Gasteiger partial charge in [-0.2, -0.15) is 13.2 Å². The van der Waals surface area contributed by atoms with Crippen LogP contribution in [0, 0.1) is 17.8 Å². The zero-order valence-electron chi connectivity index (χ0n) is 35.1. The molecule has 1 saturated heterocycles. The molecule has 0 unspecified atom stereocenters. The first kappa shape index (κ1) is 44.7. The Kier molecular flexibility index (Phi) is 12.0. The van der Waals surface area contributed by atoms with Gasteiger partial charge in [-0.1, -0.05) is 56.3 Å². The fourth-order valence-electron chi connectivity index (χ4n) is 8.82. The van der Waals surface area contributed by atoms with Crippen LogP contribution in [0.2, 0.25) is 0 Å². The lowest BCUT2D eigenvalue weighted by molar-refractivity contribution is -0.222. The van der Waals surface area contributed by atoms with E-state index in [4.69, 9.17) is 14.5 Å². The Balaban J connectivity index is 1.32. The molecule has 2 aliphatic heterocycles. The highest BCUT2D eigenvalue weighted by molar-refractivity contribution is 7.91. The van der Waals surface area contributed by atoms with Crippen molar-refractivity contribution in [3.05, 3.63) is 66.7 Å². The van der Waals surface area contributed by atoms with Gasteiger partial charge >= 0.3 is 12.3 Å².